The van der Waals surface area contributed by atoms with Crippen molar-refractivity contribution in [1.82, 2.24) is 5.43 Å². The number of hydrazine groups is 1. The minimum absolute atomic E-state index is 0.674. The van der Waals surface area contributed by atoms with E-state index >= 15 is 0 Å². The number of nitrogens with one attached hydrogen (secondary N) is 1. The van der Waals surface area contributed by atoms with Gasteiger partial charge in [-0.1, -0.05) is 13.3 Å². The van der Waals surface area contributed by atoms with Crippen LogP contribution in [-0.4, -0.2) is 5.67 Å². The molecule has 0 radical (unpaired) electrons. The minimum atomic E-state index is -0.950. The second kappa shape index (κ2) is 7.86. The van der Waals surface area contributed by atoms with Crippen molar-refractivity contribution in [2.75, 3.05) is 0 Å². The van der Waals surface area contributed by atoms with E-state index in [1.54, 1.807) is 20.8 Å². The van der Waals surface area contributed by atoms with E-state index in [0.717, 1.165) is 6.42 Å². The van der Waals surface area contributed by atoms with Gasteiger partial charge in [-0.25, -0.2) is 4.39 Å². The van der Waals surface area contributed by atoms with E-state index in [9.17, 15) is 4.39 Å². The first-order valence-electron chi connectivity index (χ1n) is 4.40. The van der Waals surface area contributed by atoms with Crippen molar-refractivity contribution in [1.29, 1.82) is 0 Å². The maximum Gasteiger partial charge on any atom is 0.105 e. The van der Waals surface area contributed by atoms with Crippen molar-refractivity contribution in [2.45, 2.75) is 46.2 Å². The van der Waals surface area contributed by atoms with Crippen LogP contribution in [0.1, 0.15) is 40.5 Å². The molecule has 0 rings (SSSR count). The zero-order chi connectivity index (χ0) is 10.9. The molecule has 0 amide bonds. The third kappa shape index (κ3) is 24.6. The highest BCUT2D eigenvalue weighted by atomic mass is 19.1. The van der Waals surface area contributed by atoms with Crippen LogP contribution in [0, 0.1) is 0 Å². The summed E-state index contributed by atoms with van der Waals surface area (Å²) >= 11 is 0. The summed E-state index contributed by atoms with van der Waals surface area (Å²) in [6, 6.07) is 0. The van der Waals surface area contributed by atoms with Gasteiger partial charge in [-0.2, -0.15) is 0 Å². The Balaban J connectivity index is 0. The number of nitrogens with two attached hydrogens (primary N) is 2. The fourth-order valence-corrected chi connectivity index (χ4v) is 0.726. The summed E-state index contributed by atoms with van der Waals surface area (Å²) in [6.07, 6.45) is 3.12. The molecule has 0 aliphatic carbocycles. The fourth-order valence-electron chi connectivity index (χ4n) is 0.726. The number of hydrogen-bond donors (Lipinski definition) is 3. The number of hydrogen-bond acceptors (Lipinski definition) is 3. The topological polar surface area (TPSA) is 64.1 Å². The molecule has 4 heteroatoms. The van der Waals surface area contributed by atoms with Crippen LogP contribution in [0.25, 0.3) is 0 Å². The molecule has 5 N–H and O–H groups in total. The Bertz CT molecular complexity index is 134. The Morgan fingerprint density at radius 1 is 1.54 bits per heavy atom. The van der Waals surface area contributed by atoms with Crippen LogP contribution >= 0.6 is 0 Å². The van der Waals surface area contributed by atoms with Crippen LogP contribution in [0.5, 0.6) is 0 Å². The lowest BCUT2D eigenvalue weighted by Crippen LogP contribution is -2.15. The summed E-state index contributed by atoms with van der Waals surface area (Å²) in [6.45, 7) is 6.95. The summed E-state index contributed by atoms with van der Waals surface area (Å²) < 4.78 is 12.4. The van der Waals surface area contributed by atoms with E-state index in [2.05, 4.69) is 5.43 Å². The van der Waals surface area contributed by atoms with Gasteiger partial charge in [-0.05, 0) is 27.2 Å². The van der Waals surface area contributed by atoms with Crippen molar-refractivity contribution in [3.63, 3.8) is 0 Å². The molecule has 80 valence electrons. The lowest BCUT2D eigenvalue weighted by atomic mass is 10.1. The summed E-state index contributed by atoms with van der Waals surface area (Å²) in [7, 11) is 0. The molecule has 0 bridgehead atoms. The van der Waals surface area contributed by atoms with Gasteiger partial charge in [0.15, 0.2) is 0 Å². The summed E-state index contributed by atoms with van der Waals surface area (Å²) in [5.41, 5.74) is 7.13. The molecule has 0 unspecified atom stereocenters. The molecule has 0 spiro atoms. The van der Waals surface area contributed by atoms with Crippen molar-refractivity contribution in [3.05, 3.63) is 11.9 Å². The first-order chi connectivity index (χ1) is 5.83. The highest BCUT2D eigenvalue weighted by molar-refractivity contribution is 4.87. The molecule has 3 nitrogen and oxygen atoms in total. The van der Waals surface area contributed by atoms with E-state index < -0.39 is 5.67 Å². The zero-order valence-electron chi connectivity index (χ0n) is 9.02. The van der Waals surface area contributed by atoms with Crippen LogP contribution in [0.2, 0.25) is 0 Å². The molecule has 13 heavy (non-hydrogen) atoms. The number of alkyl halides is 1. The molecule has 0 saturated heterocycles. The fraction of sp³-hybridized carbons (Fsp3) is 0.778. The van der Waals surface area contributed by atoms with Crippen LogP contribution in [0.15, 0.2) is 11.9 Å². The maximum absolute atomic E-state index is 12.4. The van der Waals surface area contributed by atoms with E-state index in [1.165, 1.54) is 6.20 Å². The van der Waals surface area contributed by atoms with Crippen LogP contribution < -0.4 is 17.0 Å². The standard InChI is InChI=1S/C6H13F.C3H9N3/c1-4-5-6(2,3)7;1-3(4)2-6-5/h4-5H2,1-3H3;2,6H,4-5H2,1H3/b;3-2-. The first-order valence-corrected chi connectivity index (χ1v) is 4.40. The highest BCUT2D eigenvalue weighted by Gasteiger charge is 2.11. The lowest BCUT2D eigenvalue weighted by Gasteiger charge is -2.10. The second-order valence-electron chi connectivity index (χ2n) is 3.52. The third-order valence-electron chi connectivity index (χ3n) is 1.16. The van der Waals surface area contributed by atoms with Crippen LogP contribution in [0.3, 0.4) is 0 Å². The Kier molecular flexibility index (Phi) is 8.91. The number of allylic oxidation sites excluding steroid dienone is 1. The molecule has 0 aliphatic heterocycles. The van der Waals surface area contributed by atoms with Gasteiger partial charge in [0.1, 0.15) is 5.67 Å². The molecule has 0 aromatic heterocycles. The molecule has 0 heterocycles. The summed E-state index contributed by atoms with van der Waals surface area (Å²) in [5.74, 6) is 4.82. The lowest BCUT2D eigenvalue weighted by molar-refractivity contribution is 0.200. The monoisotopic (exact) mass is 191 g/mol. The van der Waals surface area contributed by atoms with Crippen LogP contribution in [-0.2, 0) is 0 Å². The summed E-state index contributed by atoms with van der Waals surface area (Å²) in [5, 5.41) is 0. The van der Waals surface area contributed by atoms with Crippen molar-refractivity contribution >= 4 is 0 Å². The van der Waals surface area contributed by atoms with Crippen molar-refractivity contribution in [2.24, 2.45) is 11.6 Å². The highest BCUT2D eigenvalue weighted by Crippen LogP contribution is 2.14. The largest absolute Gasteiger partial charge is 0.401 e. The van der Waals surface area contributed by atoms with Gasteiger partial charge in [0.05, 0.1) is 0 Å². The number of halogens is 1. The zero-order valence-corrected chi connectivity index (χ0v) is 9.02. The van der Waals surface area contributed by atoms with E-state index in [0.29, 0.717) is 12.1 Å². The van der Waals surface area contributed by atoms with Crippen molar-refractivity contribution < 1.29 is 4.39 Å². The quantitative estimate of drug-likeness (QED) is 0.471. The maximum atomic E-state index is 12.4. The van der Waals surface area contributed by atoms with Gasteiger partial charge >= 0.3 is 0 Å². The predicted octanol–water partition coefficient (Wildman–Crippen LogP) is 1.80. The molecule has 0 aromatic carbocycles. The SMILES string of the molecule is C/C(N)=C/NN.CCCC(C)(C)F. The number of rotatable bonds is 3. The molecular formula is C9H22FN3. The van der Waals surface area contributed by atoms with E-state index in [-0.39, 0.29) is 0 Å². The average Bonchev–Trinajstić information content (AvgIpc) is 1.84. The van der Waals surface area contributed by atoms with Gasteiger partial charge < -0.3 is 11.2 Å². The van der Waals surface area contributed by atoms with Gasteiger partial charge in [0.25, 0.3) is 0 Å². The Labute approximate surface area is 80.3 Å². The second-order valence-corrected chi connectivity index (χ2v) is 3.52. The predicted molar refractivity (Wildman–Crippen MR) is 55.4 cm³/mol. The molecule has 0 aliphatic rings. The van der Waals surface area contributed by atoms with Crippen molar-refractivity contribution in [3.8, 4) is 0 Å². The van der Waals surface area contributed by atoms with Crippen LogP contribution in [0.4, 0.5) is 4.39 Å². The third-order valence-corrected chi connectivity index (χ3v) is 1.16. The normalized spacial score (nSPS) is 11.7. The first kappa shape index (κ1) is 14.7. The molecule has 0 saturated carbocycles. The molecular weight excluding hydrogens is 169 g/mol. The molecule has 0 atom stereocenters. The Hall–Kier alpha value is -0.770. The average molecular weight is 191 g/mol. The smallest absolute Gasteiger partial charge is 0.105 e. The van der Waals surface area contributed by atoms with Gasteiger partial charge in [-0.3, -0.25) is 5.84 Å². The Morgan fingerprint density at radius 3 is 2.00 bits per heavy atom. The van der Waals surface area contributed by atoms with Gasteiger partial charge in [0, 0.05) is 11.9 Å². The molecule has 0 aromatic rings. The summed E-state index contributed by atoms with van der Waals surface area (Å²) in [4.78, 5) is 0. The van der Waals surface area contributed by atoms with E-state index in [4.69, 9.17) is 11.6 Å². The van der Waals surface area contributed by atoms with Gasteiger partial charge in [-0.15, -0.1) is 0 Å². The minimum Gasteiger partial charge on any atom is -0.401 e. The Morgan fingerprint density at radius 2 is 2.00 bits per heavy atom. The molecule has 0 fully saturated rings. The van der Waals surface area contributed by atoms with Gasteiger partial charge in [0.2, 0.25) is 0 Å². The van der Waals surface area contributed by atoms with E-state index in [1.807, 2.05) is 6.92 Å².